The zero-order valence-electron chi connectivity index (χ0n) is 17.6. The molecule has 0 aliphatic heterocycles. The first-order valence-corrected chi connectivity index (χ1v) is 9.94. The molecule has 2 amide bonds. The summed E-state index contributed by atoms with van der Waals surface area (Å²) in [5.41, 5.74) is 6.82. The molecule has 0 saturated carbocycles. The third-order valence-corrected chi connectivity index (χ3v) is 4.59. The van der Waals surface area contributed by atoms with Crippen LogP contribution < -0.4 is 15.5 Å². The number of rotatable bonds is 8. The van der Waals surface area contributed by atoms with Gasteiger partial charge >= 0.3 is 0 Å². The van der Waals surface area contributed by atoms with Crippen LogP contribution >= 0.6 is 0 Å². The van der Waals surface area contributed by atoms with Crippen LogP contribution in [-0.4, -0.2) is 24.6 Å². The second-order valence-electron chi connectivity index (χ2n) is 7.08. The first-order chi connectivity index (χ1) is 15.0. The molecule has 0 radical (unpaired) electrons. The molecule has 6 heteroatoms. The van der Waals surface area contributed by atoms with Gasteiger partial charge in [0.15, 0.2) is 0 Å². The first kappa shape index (κ1) is 21.8. The number of nitrogens with one attached hydrogen (secondary N) is 2. The van der Waals surface area contributed by atoms with Crippen molar-refractivity contribution in [1.29, 1.82) is 0 Å². The van der Waals surface area contributed by atoms with Crippen LogP contribution in [0.15, 0.2) is 84.0 Å². The summed E-state index contributed by atoms with van der Waals surface area (Å²) < 4.78 is 5.09. The van der Waals surface area contributed by atoms with Crippen molar-refractivity contribution in [2.45, 2.75) is 19.8 Å². The molecule has 3 rings (SSSR count). The largest absolute Gasteiger partial charge is 0.497 e. The van der Waals surface area contributed by atoms with E-state index >= 15 is 0 Å². The average Bonchev–Trinajstić information content (AvgIpc) is 2.79. The Morgan fingerprint density at radius 2 is 1.48 bits per heavy atom. The molecule has 0 atom stereocenters. The lowest BCUT2D eigenvalue weighted by atomic mass is 10.0. The van der Waals surface area contributed by atoms with Crippen LogP contribution in [-0.2, 0) is 16.0 Å². The lowest BCUT2D eigenvalue weighted by Gasteiger charge is -2.07. The van der Waals surface area contributed by atoms with E-state index in [1.54, 1.807) is 38.3 Å². The zero-order chi connectivity index (χ0) is 22.1. The highest BCUT2D eigenvalue weighted by molar-refractivity contribution is 6.05. The third kappa shape index (κ3) is 6.82. The molecule has 0 heterocycles. The number of nitrogens with zero attached hydrogens (tertiary/aromatic N) is 1. The van der Waals surface area contributed by atoms with Crippen molar-refractivity contribution in [1.82, 2.24) is 5.43 Å². The van der Waals surface area contributed by atoms with E-state index in [1.165, 1.54) is 0 Å². The first-order valence-electron chi connectivity index (χ1n) is 9.94. The number of carbonyl (C=O) groups is 2. The Hall–Kier alpha value is -3.93. The van der Waals surface area contributed by atoms with Gasteiger partial charge in [0.2, 0.25) is 11.8 Å². The molecule has 0 saturated heterocycles. The van der Waals surface area contributed by atoms with Gasteiger partial charge in [-0.1, -0.05) is 54.6 Å². The molecule has 0 unspecified atom stereocenters. The highest BCUT2D eigenvalue weighted by atomic mass is 16.5. The number of ether oxygens (including phenoxy) is 1. The minimum absolute atomic E-state index is 0.0814. The maximum absolute atomic E-state index is 12.2. The summed E-state index contributed by atoms with van der Waals surface area (Å²) in [6, 6.07) is 25.0. The molecule has 3 aromatic carbocycles. The van der Waals surface area contributed by atoms with Crippen LogP contribution in [0.3, 0.4) is 0 Å². The van der Waals surface area contributed by atoms with Crippen molar-refractivity contribution in [3.63, 3.8) is 0 Å². The number of carbonyl (C=O) groups excluding carboxylic acids is 2. The molecule has 0 aromatic heterocycles. The number of hydrogen-bond acceptors (Lipinski definition) is 4. The van der Waals surface area contributed by atoms with Crippen molar-refractivity contribution in [3.8, 4) is 16.9 Å². The summed E-state index contributed by atoms with van der Waals surface area (Å²) in [7, 11) is 1.58. The molecule has 0 aliphatic rings. The van der Waals surface area contributed by atoms with Gasteiger partial charge in [-0.2, -0.15) is 5.10 Å². The van der Waals surface area contributed by atoms with Crippen molar-refractivity contribution in [3.05, 3.63) is 84.4 Å². The monoisotopic (exact) mass is 415 g/mol. The van der Waals surface area contributed by atoms with E-state index in [-0.39, 0.29) is 24.7 Å². The molecule has 158 valence electrons. The predicted molar refractivity (Wildman–Crippen MR) is 123 cm³/mol. The Morgan fingerprint density at radius 1 is 0.839 bits per heavy atom. The van der Waals surface area contributed by atoms with E-state index in [0.29, 0.717) is 17.1 Å². The number of hydrogen-bond donors (Lipinski definition) is 2. The molecule has 2 N–H and O–H groups in total. The lowest BCUT2D eigenvalue weighted by molar-refractivity contribution is -0.120. The number of hydrazone groups is 1. The van der Waals surface area contributed by atoms with Gasteiger partial charge in [-0.3, -0.25) is 9.59 Å². The second-order valence-corrected chi connectivity index (χ2v) is 7.08. The van der Waals surface area contributed by atoms with Crippen LogP contribution in [0.4, 0.5) is 5.69 Å². The van der Waals surface area contributed by atoms with E-state index in [2.05, 4.69) is 15.8 Å². The Balaban J connectivity index is 1.46. The van der Waals surface area contributed by atoms with Crippen molar-refractivity contribution < 1.29 is 14.3 Å². The molecular weight excluding hydrogens is 390 g/mol. The van der Waals surface area contributed by atoms with Gasteiger partial charge < -0.3 is 10.1 Å². The van der Waals surface area contributed by atoms with E-state index in [1.807, 2.05) is 54.6 Å². The van der Waals surface area contributed by atoms with Crippen LogP contribution in [0.5, 0.6) is 5.75 Å². The highest BCUT2D eigenvalue weighted by Crippen LogP contribution is 2.19. The summed E-state index contributed by atoms with van der Waals surface area (Å²) in [6.45, 7) is 1.70. The fourth-order valence-electron chi connectivity index (χ4n) is 2.98. The van der Waals surface area contributed by atoms with Gasteiger partial charge in [0.05, 0.1) is 20.0 Å². The average molecular weight is 415 g/mol. The van der Waals surface area contributed by atoms with E-state index in [9.17, 15) is 9.59 Å². The maximum atomic E-state index is 12.2. The summed E-state index contributed by atoms with van der Waals surface area (Å²) in [4.78, 5) is 24.3. The van der Waals surface area contributed by atoms with Crippen molar-refractivity contribution >= 4 is 23.2 Å². The van der Waals surface area contributed by atoms with Crippen LogP contribution in [0, 0.1) is 0 Å². The van der Waals surface area contributed by atoms with E-state index in [4.69, 9.17) is 4.74 Å². The molecule has 0 spiro atoms. The van der Waals surface area contributed by atoms with Crippen LogP contribution in [0.1, 0.15) is 18.9 Å². The Morgan fingerprint density at radius 3 is 2.13 bits per heavy atom. The molecule has 31 heavy (non-hydrogen) atoms. The number of anilines is 1. The summed E-state index contributed by atoms with van der Waals surface area (Å²) in [5.74, 6) is 0.271. The van der Waals surface area contributed by atoms with Gasteiger partial charge in [0.1, 0.15) is 5.75 Å². The van der Waals surface area contributed by atoms with E-state index < -0.39 is 0 Å². The van der Waals surface area contributed by atoms with E-state index in [0.717, 1.165) is 16.7 Å². The Bertz CT molecular complexity index is 1040. The molecule has 0 fully saturated rings. The fourth-order valence-corrected chi connectivity index (χ4v) is 2.98. The smallest absolute Gasteiger partial charge is 0.244 e. The zero-order valence-corrected chi connectivity index (χ0v) is 17.6. The fraction of sp³-hybridized carbons (Fsp3) is 0.160. The van der Waals surface area contributed by atoms with Crippen LogP contribution in [0.2, 0.25) is 0 Å². The molecule has 0 bridgehead atoms. The maximum Gasteiger partial charge on any atom is 0.244 e. The Kier molecular flexibility index (Phi) is 7.54. The van der Waals surface area contributed by atoms with Gasteiger partial charge in [-0.05, 0) is 47.9 Å². The lowest BCUT2D eigenvalue weighted by Crippen LogP contribution is -2.22. The van der Waals surface area contributed by atoms with Gasteiger partial charge in [0, 0.05) is 11.4 Å². The minimum atomic E-state index is -0.234. The quantitative estimate of drug-likeness (QED) is 0.422. The van der Waals surface area contributed by atoms with Gasteiger partial charge in [-0.25, -0.2) is 5.43 Å². The summed E-state index contributed by atoms with van der Waals surface area (Å²) in [6.07, 6.45) is 0.294. The molecular formula is C25H25N3O3. The molecule has 0 aliphatic carbocycles. The summed E-state index contributed by atoms with van der Waals surface area (Å²) in [5, 5.41) is 6.81. The van der Waals surface area contributed by atoms with Crippen molar-refractivity contribution in [2.24, 2.45) is 5.10 Å². The predicted octanol–water partition coefficient (Wildman–Crippen LogP) is 4.43. The number of methoxy groups -OCH3 is 1. The van der Waals surface area contributed by atoms with Gasteiger partial charge in [-0.15, -0.1) is 0 Å². The molecule has 3 aromatic rings. The highest BCUT2D eigenvalue weighted by Gasteiger charge is 2.07. The third-order valence-electron chi connectivity index (χ3n) is 4.59. The van der Waals surface area contributed by atoms with Gasteiger partial charge in [0.25, 0.3) is 0 Å². The topological polar surface area (TPSA) is 79.8 Å². The number of benzene rings is 3. The SMILES string of the molecule is COc1ccc(NC(=O)C/C(C)=N/NC(=O)Cc2ccc(-c3ccccc3)cc2)cc1. The second kappa shape index (κ2) is 10.7. The normalized spacial score (nSPS) is 11.0. The van der Waals surface area contributed by atoms with Crippen molar-refractivity contribution in [2.75, 3.05) is 12.4 Å². The summed E-state index contributed by atoms with van der Waals surface area (Å²) >= 11 is 0. The van der Waals surface area contributed by atoms with Crippen LogP contribution in [0.25, 0.3) is 11.1 Å². The minimum Gasteiger partial charge on any atom is -0.497 e. The number of amides is 2. The standard InChI is InChI=1S/C25H25N3O3/c1-18(16-24(29)26-22-12-14-23(31-2)15-13-22)27-28-25(30)17-19-8-10-21(11-9-19)20-6-4-3-5-7-20/h3-15H,16-17H2,1-2H3,(H,26,29)(H,28,30)/b27-18+. The Labute approximate surface area is 182 Å². The molecule has 6 nitrogen and oxygen atoms in total.